The molecule has 1 fully saturated rings. The van der Waals surface area contributed by atoms with Crippen LogP contribution in [0.3, 0.4) is 0 Å². The molecule has 0 saturated heterocycles. The number of hydrogen-bond donors (Lipinski definition) is 1. The van der Waals surface area contributed by atoms with Gasteiger partial charge in [-0.2, -0.15) is 0 Å². The minimum Gasteiger partial charge on any atom is -0.491 e. The Balaban J connectivity index is 1.29. The number of carbonyl (C=O) groups excluding carboxylic acids is 1. The van der Waals surface area contributed by atoms with Gasteiger partial charge >= 0.3 is 0 Å². The summed E-state index contributed by atoms with van der Waals surface area (Å²) >= 11 is 1.71. The van der Waals surface area contributed by atoms with E-state index in [0.717, 1.165) is 24.1 Å². The molecule has 0 bridgehead atoms. The number of fused-ring (bicyclic) bond motifs is 1. The SMILES string of the molecule is O=C(CN(CC1CC1)CC(O)c1ccccc1)N1CCc2sccc2C1COc1cccc(F)c1. The number of amides is 1. The monoisotopic (exact) mass is 494 g/mol. The zero-order chi connectivity index (χ0) is 24.2. The number of hydrogen-bond acceptors (Lipinski definition) is 5. The summed E-state index contributed by atoms with van der Waals surface area (Å²) in [6.07, 6.45) is 2.54. The topological polar surface area (TPSA) is 53.0 Å². The molecular weight excluding hydrogens is 463 g/mol. The van der Waals surface area contributed by atoms with Gasteiger partial charge in [-0.3, -0.25) is 9.69 Å². The Morgan fingerprint density at radius 2 is 2.00 bits per heavy atom. The highest BCUT2D eigenvalue weighted by atomic mass is 32.1. The number of thiophene rings is 1. The van der Waals surface area contributed by atoms with Crippen molar-refractivity contribution in [2.75, 3.05) is 32.8 Å². The number of aliphatic hydroxyl groups excluding tert-OH is 1. The third kappa shape index (κ3) is 6.10. The average Bonchev–Trinajstić information content (AvgIpc) is 3.54. The van der Waals surface area contributed by atoms with E-state index in [0.29, 0.717) is 24.8 Å². The molecule has 1 aliphatic carbocycles. The summed E-state index contributed by atoms with van der Waals surface area (Å²) in [6, 6.07) is 17.6. The normalized spacial score (nSPS) is 18.4. The Bertz CT molecular complexity index is 1130. The Labute approximate surface area is 209 Å². The summed E-state index contributed by atoms with van der Waals surface area (Å²) in [5.74, 6) is 0.752. The largest absolute Gasteiger partial charge is 0.491 e. The maximum atomic E-state index is 13.6. The smallest absolute Gasteiger partial charge is 0.237 e. The van der Waals surface area contributed by atoms with Crippen LogP contribution in [0.5, 0.6) is 5.75 Å². The molecule has 1 saturated carbocycles. The van der Waals surface area contributed by atoms with Gasteiger partial charge in [0, 0.05) is 30.6 Å². The molecule has 1 aliphatic heterocycles. The lowest BCUT2D eigenvalue weighted by molar-refractivity contribution is -0.136. The van der Waals surface area contributed by atoms with Crippen LogP contribution in [0.4, 0.5) is 4.39 Å². The highest BCUT2D eigenvalue weighted by Gasteiger charge is 2.34. The quantitative estimate of drug-likeness (QED) is 0.438. The molecule has 1 N–H and O–H groups in total. The fourth-order valence-electron chi connectivity index (χ4n) is 4.78. The van der Waals surface area contributed by atoms with E-state index in [-0.39, 0.29) is 30.9 Å². The van der Waals surface area contributed by atoms with Crippen LogP contribution < -0.4 is 4.74 Å². The second kappa shape index (κ2) is 10.9. The van der Waals surface area contributed by atoms with E-state index in [2.05, 4.69) is 16.3 Å². The molecule has 2 aliphatic rings. The Morgan fingerprint density at radius 1 is 1.17 bits per heavy atom. The second-order valence-corrected chi connectivity index (χ2v) is 10.5. The van der Waals surface area contributed by atoms with Crippen molar-refractivity contribution in [1.82, 2.24) is 9.80 Å². The number of aliphatic hydroxyl groups is 1. The zero-order valence-corrected chi connectivity index (χ0v) is 20.5. The number of ether oxygens (including phenoxy) is 1. The van der Waals surface area contributed by atoms with Crippen molar-refractivity contribution < 1.29 is 19.0 Å². The average molecular weight is 495 g/mol. The van der Waals surface area contributed by atoms with Gasteiger partial charge in [0.2, 0.25) is 5.91 Å². The summed E-state index contributed by atoms with van der Waals surface area (Å²) in [6.45, 7) is 2.40. The summed E-state index contributed by atoms with van der Waals surface area (Å²) in [5, 5.41) is 12.9. The van der Waals surface area contributed by atoms with Gasteiger partial charge < -0.3 is 14.7 Å². The molecule has 0 spiro atoms. The van der Waals surface area contributed by atoms with Gasteiger partial charge in [0.05, 0.1) is 18.7 Å². The molecule has 3 aromatic rings. The molecule has 5 nitrogen and oxygen atoms in total. The first-order valence-electron chi connectivity index (χ1n) is 12.3. The van der Waals surface area contributed by atoms with E-state index in [4.69, 9.17) is 4.74 Å². The van der Waals surface area contributed by atoms with E-state index in [1.807, 2.05) is 35.2 Å². The molecule has 35 heavy (non-hydrogen) atoms. The van der Waals surface area contributed by atoms with E-state index in [9.17, 15) is 14.3 Å². The second-order valence-electron chi connectivity index (χ2n) is 9.48. The van der Waals surface area contributed by atoms with Crippen LogP contribution >= 0.6 is 11.3 Å². The Kier molecular flexibility index (Phi) is 7.46. The summed E-state index contributed by atoms with van der Waals surface area (Å²) in [7, 11) is 0. The van der Waals surface area contributed by atoms with Crippen LogP contribution in [0.15, 0.2) is 66.0 Å². The van der Waals surface area contributed by atoms with E-state index >= 15 is 0 Å². The zero-order valence-electron chi connectivity index (χ0n) is 19.7. The van der Waals surface area contributed by atoms with Crippen LogP contribution in [0.25, 0.3) is 0 Å². The molecule has 7 heteroatoms. The predicted molar refractivity (Wildman–Crippen MR) is 135 cm³/mol. The van der Waals surface area contributed by atoms with Gasteiger partial charge in [-0.1, -0.05) is 36.4 Å². The van der Waals surface area contributed by atoms with Gasteiger partial charge in [-0.05, 0) is 59.9 Å². The van der Waals surface area contributed by atoms with Crippen molar-refractivity contribution in [3.05, 3.63) is 87.9 Å². The fraction of sp³-hybridized carbons (Fsp3) is 0.393. The Morgan fingerprint density at radius 3 is 2.77 bits per heavy atom. The number of rotatable bonds is 10. The van der Waals surface area contributed by atoms with Crippen LogP contribution in [-0.4, -0.2) is 53.6 Å². The van der Waals surface area contributed by atoms with Crippen molar-refractivity contribution in [1.29, 1.82) is 0 Å². The molecule has 2 heterocycles. The van der Waals surface area contributed by atoms with Crippen LogP contribution in [0.2, 0.25) is 0 Å². The highest BCUT2D eigenvalue weighted by Crippen LogP contribution is 2.35. The summed E-state index contributed by atoms with van der Waals surface area (Å²) in [5.41, 5.74) is 1.98. The van der Waals surface area contributed by atoms with E-state index in [1.54, 1.807) is 23.5 Å². The van der Waals surface area contributed by atoms with Gasteiger partial charge in [0.1, 0.15) is 18.2 Å². The molecule has 0 radical (unpaired) electrons. The molecule has 5 rings (SSSR count). The van der Waals surface area contributed by atoms with Crippen molar-refractivity contribution in [3.63, 3.8) is 0 Å². The Hall–Kier alpha value is -2.74. The molecule has 1 amide bonds. The van der Waals surface area contributed by atoms with Gasteiger partial charge in [-0.25, -0.2) is 4.39 Å². The first-order valence-corrected chi connectivity index (χ1v) is 13.1. The van der Waals surface area contributed by atoms with Gasteiger partial charge in [0.25, 0.3) is 0 Å². The lowest BCUT2D eigenvalue weighted by atomic mass is 10.00. The molecule has 2 aromatic carbocycles. The van der Waals surface area contributed by atoms with Crippen molar-refractivity contribution >= 4 is 17.2 Å². The molecular formula is C28H31FN2O3S. The number of carbonyl (C=O) groups is 1. The van der Waals surface area contributed by atoms with Crippen LogP contribution in [0.1, 0.15) is 41.0 Å². The van der Waals surface area contributed by atoms with Gasteiger partial charge in [-0.15, -0.1) is 11.3 Å². The van der Waals surface area contributed by atoms with Crippen molar-refractivity contribution in [2.45, 2.75) is 31.4 Å². The lowest BCUT2D eigenvalue weighted by Crippen LogP contribution is -2.47. The lowest BCUT2D eigenvalue weighted by Gasteiger charge is -2.37. The maximum absolute atomic E-state index is 13.6. The predicted octanol–water partition coefficient (Wildman–Crippen LogP) is 4.84. The van der Waals surface area contributed by atoms with Crippen LogP contribution in [-0.2, 0) is 11.2 Å². The van der Waals surface area contributed by atoms with E-state index < -0.39 is 6.10 Å². The fourth-order valence-corrected chi connectivity index (χ4v) is 5.71. The molecule has 2 atom stereocenters. The first kappa shape index (κ1) is 24.0. The van der Waals surface area contributed by atoms with Gasteiger partial charge in [0.15, 0.2) is 0 Å². The maximum Gasteiger partial charge on any atom is 0.237 e. The summed E-state index contributed by atoms with van der Waals surface area (Å²) in [4.78, 5) is 18.9. The number of halogens is 1. The molecule has 1 aromatic heterocycles. The third-order valence-electron chi connectivity index (χ3n) is 6.81. The number of nitrogens with zero attached hydrogens (tertiary/aromatic N) is 2. The molecule has 2 unspecified atom stereocenters. The van der Waals surface area contributed by atoms with E-state index in [1.165, 1.54) is 29.9 Å². The van der Waals surface area contributed by atoms with Crippen molar-refractivity contribution in [3.8, 4) is 5.75 Å². The van der Waals surface area contributed by atoms with Crippen LogP contribution in [0, 0.1) is 11.7 Å². The minimum atomic E-state index is -0.639. The minimum absolute atomic E-state index is 0.0376. The standard InChI is InChI=1S/C28H31FN2O3S/c29-22-7-4-8-23(15-22)34-19-25-24-12-14-35-27(24)11-13-31(25)28(33)18-30(16-20-9-10-20)17-26(32)21-5-2-1-3-6-21/h1-8,12,14-15,20,25-26,32H,9-11,13,16-19H2. The van der Waals surface area contributed by atoms with Crippen molar-refractivity contribution in [2.24, 2.45) is 5.92 Å². The first-order chi connectivity index (χ1) is 17.1. The third-order valence-corrected chi connectivity index (χ3v) is 7.80. The summed E-state index contributed by atoms with van der Waals surface area (Å²) < 4.78 is 19.6. The highest BCUT2D eigenvalue weighted by molar-refractivity contribution is 7.10. The number of benzene rings is 2. The molecule has 184 valence electrons.